The fourth-order valence-corrected chi connectivity index (χ4v) is 3.54. The SMILES string of the molecule is Cl.Cl.Fc1cccc(C2CNCCN2Cc2ccc(OCc3ccccn3)cc2)c1. The van der Waals surface area contributed by atoms with Crippen molar-refractivity contribution in [2.24, 2.45) is 0 Å². The first kappa shape index (κ1) is 24.1. The summed E-state index contributed by atoms with van der Waals surface area (Å²) in [6, 6.07) is 21.1. The van der Waals surface area contributed by atoms with Crippen molar-refractivity contribution in [3.63, 3.8) is 0 Å². The Morgan fingerprint density at radius 3 is 2.60 bits per heavy atom. The summed E-state index contributed by atoms with van der Waals surface area (Å²) in [7, 11) is 0. The van der Waals surface area contributed by atoms with Gasteiger partial charge in [-0.2, -0.15) is 0 Å². The molecule has 4 nitrogen and oxygen atoms in total. The molecule has 0 amide bonds. The van der Waals surface area contributed by atoms with Gasteiger partial charge in [-0.3, -0.25) is 9.88 Å². The Hall–Kier alpha value is -2.18. The number of aromatic nitrogens is 1. The van der Waals surface area contributed by atoms with E-state index in [0.717, 1.165) is 43.2 Å². The molecule has 1 atom stereocenters. The number of nitrogens with one attached hydrogen (secondary N) is 1. The zero-order chi connectivity index (χ0) is 19.2. The van der Waals surface area contributed by atoms with Gasteiger partial charge in [0.05, 0.1) is 5.69 Å². The average molecular weight is 450 g/mol. The molecule has 1 saturated heterocycles. The summed E-state index contributed by atoms with van der Waals surface area (Å²) in [4.78, 5) is 6.67. The second-order valence-corrected chi connectivity index (χ2v) is 7.00. The van der Waals surface area contributed by atoms with E-state index >= 15 is 0 Å². The first-order valence-electron chi connectivity index (χ1n) is 9.60. The number of hydrogen-bond acceptors (Lipinski definition) is 4. The Balaban J connectivity index is 0.00000160. The van der Waals surface area contributed by atoms with Crippen LogP contribution >= 0.6 is 24.8 Å². The fourth-order valence-electron chi connectivity index (χ4n) is 3.54. The van der Waals surface area contributed by atoms with Crippen LogP contribution in [-0.4, -0.2) is 29.5 Å². The Morgan fingerprint density at radius 1 is 1.03 bits per heavy atom. The molecule has 2 heterocycles. The first-order valence-corrected chi connectivity index (χ1v) is 9.60. The standard InChI is InChI=1S/C23H24FN3O.2ClH/c24-20-5-3-4-19(14-20)23-15-25-12-13-27(23)16-18-7-9-22(10-8-18)28-17-21-6-1-2-11-26-21;;/h1-11,14,23,25H,12-13,15-17H2;2*1H. The topological polar surface area (TPSA) is 37.4 Å². The van der Waals surface area contributed by atoms with Gasteiger partial charge in [0.2, 0.25) is 0 Å². The molecule has 7 heteroatoms. The minimum atomic E-state index is -0.183. The van der Waals surface area contributed by atoms with Gasteiger partial charge >= 0.3 is 0 Å². The lowest BCUT2D eigenvalue weighted by Gasteiger charge is -2.36. The zero-order valence-electron chi connectivity index (χ0n) is 16.5. The lowest BCUT2D eigenvalue weighted by molar-refractivity contribution is 0.153. The summed E-state index contributed by atoms with van der Waals surface area (Å²) in [6.07, 6.45) is 1.77. The van der Waals surface area contributed by atoms with E-state index in [0.29, 0.717) is 6.61 Å². The van der Waals surface area contributed by atoms with Gasteiger partial charge in [0.15, 0.2) is 0 Å². The number of benzene rings is 2. The number of pyridine rings is 1. The van der Waals surface area contributed by atoms with Crippen molar-refractivity contribution < 1.29 is 9.13 Å². The molecule has 0 radical (unpaired) electrons. The molecule has 1 aliphatic heterocycles. The third-order valence-electron chi connectivity index (χ3n) is 5.01. The summed E-state index contributed by atoms with van der Waals surface area (Å²) in [5, 5.41) is 3.42. The van der Waals surface area contributed by atoms with Crippen LogP contribution < -0.4 is 10.1 Å². The molecular weight excluding hydrogens is 424 g/mol. The zero-order valence-corrected chi connectivity index (χ0v) is 18.2. The molecule has 1 aromatic heterocycles. The Morgan fingerprint density at radius 2 is 1.87 bits per heavy atom. The van der Waals surface area contributed by atoms with Crippen LogP contribution in [0.5, 0.6) is 5.75 Å². The monoisotopic (exact) mass is 449 g/mol. The van der Waals surface area contributed by atoms with E-state index in [4.69, 9.17) is 4.74 Å². The highest BCUT2D eigenvalue weighted by Crippen LogP contribution is 2.25. The second kappa shape index (κ2) is 11.9. The molecule has 0 bridgehead atoms. The summed E-state index contributed by atoms with van der Waals surface area (Å²) >= 11 is 0. The largest absolute Gasteiger partial charge is 0.487 e. The van der Waals surface area contributed by atoms with Crippen LogP contribution in [0.3, 0.4) is 0 Å². The summed E-state index contributed by atoms with van der Waals surface area (Å²) in [5.74, 6) is 0.647. The number of ether oxygens (including phenoxy) is 1. The highest BCUT2D eigenvalue weighted by atomic mass is 35.5. The van der Waals surface area contributed by atoms with E-state index in [1.54, 1.807) is 18.3 Å². The molecule has 30 heavy (non-hydrogen) atoms. The number of nitrogens with zero attached hydrogens (tertiary/aromatic N) is 2. The van der Waals surface area contributed by atoms with Crippen molar-refractivity contribution in [1.82, 2.24) is 15.2 Å². The minimum Gasteiger partial charge on any atom is -0.487 e. The molecule has 0 saturated carbocycles. The van der Waals surface area contributed by atoms with Gasteiger partial charge < -0.3 is 10.1 Å². The lowest BCUT2D eigenvalue weighted by Crippen LogP contribution is -2.45. The highest BCUT2D eigenvalue weighted by Gasteiger charge is 2.24. The predicted molar refractivity (Wildman–Crippen MR) is 122 cm³/mol. The maximum absolute atomic E-state index is 13.7. The van der Waals surface area contributed by atoms with Crippen molar-refractivity contribution in [2.45, 2.75) is 19.2 Å². The van der Waals surface area contributed by atoms with Crippen LogP contribution in [0.4, 0.5) is 4.39 Å². The smallest absolute Gasteiger partial charge is 0.130 e. The third-order valence-corrected chi connectivity index (χ3v) is 5.01. The van der Waals surface area contributed by atoms with Gasteiger partial charge in [0.1, 0.15) is 18.2 Å². The van der Waals surface area contributed by atoms with Crippen molar-refractivity contribution in [2.75, 3.05) is 19.6 Å². The average Bonchev–Trinajstić information content (AvgIpc) is 2.74. The van der Waals surface area contributed by atoms with Crippen molar-refractivity contribution in [3.8, 4) is 5.75 Å². The van der Waals surface area contributed by atoms with Gasteiger partial charge in [-0.05, 0) is 47.5 Å². The Bertz CT molecular complexity index is 896. The third kappa shape index (κ3) is 6.41. The van der Waals surface area contributed by atoms with Crippen LogP contribution in [0.25, 0.3) is 0 Å². The van der Waals surface area contributed by atoms with Gasteiger partial charge in [-0.15, -0.1) is 24.8 Å². The lowest BCUT2D eigenvalue weighted by atomic mass is 10.0. The predicted octanol–water partition coefficient (Wildman–Crippen LogP) is 4.79. The molecule has 1 N–H and O–H groups in total. The van der Waals surface area contributed by atoms with Gasteiger partial charge in [0, 0.05) is 38.4 Å². The fraction of sp³-hybridized carbons (Fsp3) is 0.261. The maximum atomic E-state index is 13.7. The summed E-state index contributed by atoms with van der Waals surface area (Å²) in [6.45, 7) is 3.98. The van der Waals surface area contributed by atoms with E-state index in [9.17, 15) is 4.39 Å². The van der Waals surface area contributed by atoms with Crippen molar-refractivity contribution >= 4 is 24.8 Å². The van der Waals surface area contributed by atoms with E-state index in [1.165, 1.54) is 11.6 Å². The molecule has 2 aromatic carbocycles. The summed E-state index contributed by atoms with van der Waals surface area (Å²) in [5.41, 5.74) is 3.14. The van der Waals surface area contributed by atoms with Crippen LogP contribution in [-0.2, 0) is 13.2 Å². The van der Waals surface area contributed by atoms with Crippen LogP contribution in [0, 0.1) is 5.82 Å². The molecule has 1 unspecified atom stereocenters. The minimum absolute atomic E-state index is 0. The number of rotatable bonds is 6. The van der Waals surface area contributed by atoms with Crippen LogP contribution in [0.1, 0.15) is 22.9 Å². The number of halogens is 3. The summed E-state index contributed by atoms with van der Waals surface area (Å²) < 4.78 is 19.5. The van der Waals surface area contributed by atoms with E-state index in [2.05, 4.69) is 27.3 Å². The van der Waals surface area contributed by atoms with Gasteiger partial charge in [0.25, 0.3) is 0 Å². The number of piperazine rings is 1. The van der Waals surface area contributed by atoms with Crippen molar-refractivity contribution in [1.29, 1.82) is 0 Å². The quantitative estimate of drug-likeness (QED) is 0.586. The van der Waals surface area contributed by atoms with Crippen molar-refractivity contribution in [3.05, 3.63) is 95.6 Å². The van der Waals surface area contributed by atoms with Gasteiger partial charge in [-0.25, -0.2) is 4.39 Å². The van der Waals surface area contributed by atoms with Gasteiger partial charge in [-0.1, -0.05) is 30.3 Å². The van der Waals surface area contributed by atoms with E-state index in [1.807, 2.05) is 36.4 Å². The Labute approximate surface area is 189 Å². The molecule has 1 aliphatic rings. The molecule has 160 valence electrons. The van der Waals surface area contributed by atoms with E-state index < -0.39 is 0 Å². The molecule has 3 aromatic rings. The normalized spacial score (nSPS) is 16.2. The molecule has 0 spiro atoms. The first-order chi connectivity index (χ1) is 13.8. The van der Waals surface area contributed by atoms with Crippen LogP contribution in [0.15, 0.2) is 72.9 Å². The molecular formula is C23H26Cl2FN3O. The molecule has 4 rings (SSSR count). The Kier molecular flexibility index (Phi) is 9.53. The number of hydrogen-bond donors (Lipinski definition) is 1. The second-order valence-electron chi connectivity index (χ2n) is 7.00. The maximum Gasteiger partial charge on any atom is 0.130 e. The van der Waals surface area contributed by atoms with Crippen LogP contribution in [0.2, 0.25) is 0 Å². The highest BCUT2D eigenvalue weighted by molar-refractivity contribution is 5.85. The van der Waals surface area contributed by atoms with E-state index in [-0.39, 0.29) is 36.7 Å². The molecule has 0 aliphatic carbocycles. The molecule has 1 fully saturated rings.